The molecule has 3 nitrogen and oxygen atoms in total. The summed E-state index contributed by atoms with van der Waals surface area (Å²) in [4.78, 5) is 12.7. The molecule has 0 heterocycles. The lowest BCUT2D eigenvalue weighted by atomic mass is 10.0. The van der Waals surface area contributed by atoms with E-state index in [2.05, 4.69) is 13.8 Å². The smallest absolute Gasteiger partial charge is 0.343 e. The van der Waals surface area contributed by atoms with Crippen molar-refractivity contribution in [1.82, 2.24) is 0 Å². The highest BCUT2D eigenvalue weighted by molar-refractivity contribution is 5.91. The van der Waals surface area contributed by atoms with Gasteiger partial charge in [0.1, 0.15) is 0 Å². The second kappa shape index (κ2) is 19.9. The molecule has 0 saturated carbocycles. The Balaban J connectivity index is 1.43. The first-order valence-corrected chi connectivity index (χ1v) is 16.5. The van der Waals surface area contributed by atoms with Crippen LogP contribution in [0.2, 0.25) is 0 Å². The summed E-state index contributed by atoms with van der Waals surface area (Å²) in [5.74, 6) is -1.42. The van der Waals surface area contributed by atoms with E-state index in [-0.39, 0.29) is 11.5 Å². The molecular weight excluding hydrogens is 542 g/mol. The molecule has 3 aromatic rings. The third kappa shape index (κ3) is 12.5. The number of benzene rings is 3. The number of ether oxygens (including phenoxy) is 2. The minimum absolute atomic E-state index is 0.0801. The molecule has 3 rings (SSSR count). The molecular formula is C38H50F2O3. The van der Waals surface area contributed by atoms with E-state index in [0.717, 1.165) is 43.2 Å². The van der Waals surface area contributed by atoms with Crippen LogP contribution in [0.3, 0.4) is 0 Å². The Morgan fingerprint density at radius 1 is 0.581 bits per heavy atom. The van der Waals surface area contributed by atoms with Gasteiger partial charge in [0.2, 0.25) is 0 Å². The second-order valence-corrected chi connectivity index (χ2v) is 11.6. The molecule has 43 heavy (non-hydrogen) atoms. The number of carbonyl (C=O) groups is 1. The predicted molar refractivity (Wildman–Crippen MR) is 173 cm³/mol. The van der Waals surface area contributed by atoms with E-state index in [1.165, 1.54) is 88.8 Å². The molecule has 0 aliphatic rings. The van der Waals surface area contributed by atoms with Crippen molar-refractivity contribution in [1.29, 1.82) is 0 Å². The van der Waals surface area contributed by atoms with Gasteiger partial charge in [0.25, 0.3) is 0 Å². The van der Waals surface area contributed by atoms with E-state index in [1.807, 2.05) is 6.07 Å². The summed E-state index contributed by atoms with van der Waals surface area (Å²) in [6.45, 7) is 4.93. The van der Waals surface area contributed by atoms with E-state index >= 15 is 0 Å². The molecule has 0 spiro atoms. The van der Waals surface area contributed by atoms with E-state index in [9.17, 15) is 13.6 Å². The van der Waals surface area contributed by atoms with Crippen molar-refractivity contribution in [2.45, 2.75) is 117 Å². The predicted octanol–water partition coefficient (Wildman–Crippen LogP) is 11.7. The number of esters is 1. The van der Waals surface area contributed by atoms with Crippen LogP contribution >= 0.6 is 0 Å². The maximum Gasteiger partial charge on any atom is 0.343 e. The van der Waals surface area contributed by atoms with Crippen LogP contribution in [0.15, 0.2) is 60.7 Å². The summed E-state index contributed by atoms with van der Waals surface area (Å²) in [5, 5.41) is 0. The number of carbonyl (C=O) groups excluding carboxylic acids is 1. The van der Waals surface area contributed by atoms with Gasteiger partial charge in [0.15, 0.2) is 23.1 Å². The highest BCUT2D eigenvalue weighted by atomic mass is 19.1. The summed E-state index contributed by atoms with van der Waals surface area (Å²) in [5.41, 5.74) is 2.64. The van der Waals surface area contributed by atoms with Crippen molar-refractivity contribution >= 4 is 5.97 Å². The van der Waals surface area contributed by atoms with Crippen molar-refractivity contribution in [3.8, 4) is 22.6 Å². The lowest BCUT2D eigenvalue weighted by Gasteiger charge is -2.10. The lowest BCUT2D eigenvalue weighted by molar-refractivity contribution is 0.0728. The van der Waals surface area contributed by atoms with Crippen molar-refractivity contribution in [3.05, 3.63) is 83.4 Å². The summed E-state index contributed by atoms with van der Waals surface area (Å²) in [6.07, 6.45) is 18.9. The van der Waals surface area contributed by atoms with Gasteiger partial charge in [-0.3, -0.25) is 0 Å². The van der Waals surface area contributed by atoms with Crippen LogP contribution < -0.4 is 9.47 Å². The zero-order valence-electron chi connectivity index (χ0n) is 26.3. The topological polar surface area (TPSA) is 35.5 Å². The van der Waals surface area contributed by atoms with Gasteiger partial charge in [0, 0.05) is 0 Å². The minimum atomic E-state index is -0.637. The molecule has 0 aliphatic heterocycles. The molecule has 0 aliphatic carbocycles. The number of halogens is 2. The Kier molecular flexibility index (Phi) is 15.8. The van der Waals surface area contributed by atoms with Gasteiger partial charge >= 0.3 is 5.97 Å². The molecule has 0 atom stereocenters. The van der Waals surface area contributed by atoms with E-state index in [0.29, 0.717) is 17.7 Å². The second-order valence-electron chi connectivity index (χ2n) is 11.6. The fraction of sp³-hybridized carbons (Fsp3) is 0.500. The summed E-state index contributed by atoms with van der Waals surface area (Å²) in [6, 6.07) is 16.4. The fourth-order valence-electron chi connectivity index (χ4n) is 5.24. The van der Waals surface area contributed by atoms with Crippen molar-refractivity contribution in [2.24, 2.45) is 0 Å². The molecule has 0 fully saturated rings. The van der Waals surface area contributed by atoms with E-state index in [1.54, 1.807) is 36.4 Å². The maximum absolute atomic E-state index is 14.7. The number of rotatable bonds is 21. The molecule has 3 aromatic carbocycles. The summed E-state index contributed by atoms with van der Waals surface area (Å²) >= 11 is 0. The number of unbranched alkanes of at least 4 members (excludes halogenated alkanes) is 13. The van der Waals surface area contributed by atoms with E-state index < -0.39 is 17.6 Å². The molecule has 234 valence electrons. The standard InChI is InChI=1S/C38H50F2O3/c1-3-5-7-9-11-12-13-14-16-18-30-19-25-37(34(39)28-30)43-38(41)32-22-20-31(21-23-32)33-24-26-36(35(40)29-33)42-27-17-15-10-8-6-4-2/h19-26,28-29H,3-18,27H2,1-2H3. The summed E-state index contributed by atoms with van der Waals surface area (Å²) < 4.78 is 40.3. The van der Waals surface area contributed by atoms with Gasteiger partial charge in [-0.25, -0.2) is 13.6 Å². The first-order chi connectivity index (χ1) is 21.0. The molecule has 0 saturated heterocycles. The molecule has 0 amide bonds. The van der Waals surface area contributed by atoms with Crippen LogP contribution in [-0.2, 0) is 6.42 Å². The van der Waals surface area contributed by atoms with Gasteiger partial charge < -0.3 is 9.47 Å². The van der Waals surface area contributed by atoms with Gasteiger partial charge in [0.05, 0.1) is 12.2 Å². The SMILES string of the molecule is CCCCCCCCCCCc1ccc(OC(=O)c2ccc(-c3ccc(OCCCCCCCC)c(F)c3)cc2)c(F)c1. The monoisotopic (exact) mass is 592 g/mol. The van der Waals surface area contributed by atoms with Crippen LogP contribution in [0.4, 0.5) is 8.78 Å². The van der Waals surface area contributed by atoms with Gasteiger partial charge in [-0.1, -0.05) is 122 Å². The van der Waals surface area contributed by atoms with Crippen molar-refractivity contribution < 1.29 is 23.0 Å². The van der Waals surface area contributed by atoms with Crippen LogP contribution in [0.1, 0.15) is 126 Å². The summed E-state index contributed by atoms with van der Waals surface area (Å²) in [7, 11) is 0. The number of hydrogen-bond acceptors (Lipinski definition) is 3. The maximum atomic E-state index is 14.7. The Morgan fingerprint density at radius 3 is 1.72 bits per heavy atom. The normalized spacial score (nSPS) is 11.1. The van der Waals surface area contributed by atoms with Gasteiger partial charge in [-0.15, -0.1) is 0 Å². The molecule has 5 heteroatoms. The largest absolute Gasteiger partial charge is 0.491 e. The molecule has 0 radical (unpaired) electrons. The average Bonchev–Trinajstić information content (AvgIpc) is 3.01. The zero-order chi connectivity index (χ0) is 30.7. The quantitative estimate of drug-likeness (QED) is 0.0701. The van der Waals surface area contributed by atoms with Crippen LogP contribution in [0.25, 0.3) is 11.1 Å². The van der Waals surface area contributed by atoms with Crippen LogP contribution in [0, 0.1) is 11.6 Å². The molecule has 0 bridgehead atoms. The van der Waals surface area contributed by atoms with Crippen molar-refractivity contribution in [2.75, 3.05) is 6.61 Å². The highest BCUT2D eigenvalue weighted by Crippen LogP contribution is 2.27. The average molecular weight is 593 g/mol. The lowest BCUT2D eigenvalue weighted by Crippen LogP contribution is -2.09. The first-order valence-electron chi connectivity index (χ1n) is 16.5. The Hall–Kier alpha value is -3.21. The van der Waals surface area contributed by atoms with Crippen LogP contribution in [-0.4, -0.2) is 12.6 Å². The van der Waals surface area contributed by atoms with Gasteiger partial charge in [-0.05, 0) is 72.4 Å². The Bertz CT molecular complexity index is 1220. The van der Waals surface area contributed by atoms with Gasteiger partial charge in [-0.2, -0.15) is 0 Å². The number of aryl methyl sites for hydroxylation is 1. The third-order valence-corrected chi connectivity index (χ3v) is 7.91. The Morgan fingerprint density at radius 2 is 1.12 bits per heavy atom. The van der Waals surface area contributed by atoms with Crippen LogP contribution in [0.5, 0.6) is 11.5 Å². The fourth-order valence-corrected chi connectivity index (χ4v) is 5.24. The third-order valence-electron chi connectivity index (χ3n) is 7.91. The minimum Gasteiger partial charge on any atom is -0.491 e. The molecule has 0 N–H and O–H groups in total. The highest BCUT2D eigenvalue weighted by Gasteiger charge is 2.14. The number of hydrogen-bond donors (Lipinski definition) is 0. The molecule has 0 aromatic heterocycles. The first kappa shape index (κ1) is 34.3. The van der Waals surface area contributed by atoms with E-state index in [4.69, 9.17) is 9.47 Å². The zero-order valence-corrected chi connectivity index (χ0v) is 26.3. The Labute approximate surface area is 258 Å². The van der Waals surface area contributed by atoms with Crippen molar-refractivity contribution in [3.63, 3.8) is 0 Å². The molecule has 0 unspecified atom stereocenters.